The monoisotopic (exact) mass is 418 g/mol. The Morgan fingerprint density at radius 3 is 2.41 bits per heavy atom. The Labute approximate surface area is 171 Å². The molecule has 0 spiro atoms. The lowest BCUT2D eigenvalue weighted by Crippen LogP contribution is -2.13. The van der Waals surface area contributed by atoms with Crippen LogP contribution in [0.4, 0.5) is 0 Å². The van der Waals surface area contributed by atoms with Crippen LogP contribution < -0.4 is 9.47 Å². The van der Waals surface area contributed by atoms with Crippen molar-refractivity contribution in [2.75, 3.05) is 0 Å². The van der Waals surface area contributed by atoms with Gasteiger partial charge in [-0.25, -0.2) is 4.79 Å². The Morgan fingerprint density at radius 1 is 1.17 bits per heavy atom. The fourth-order valence-electron chi connectivity index (χ4n) is 2.74. The molecule has 3 aromatic rings. The molecule has 0 atom stereocenters. The van der Waals surface area contributed by atoms with E-state index >= 15 is 0 Å². The third-order valence-electron chi connectivity index (χ3n) is 4.22. The number of carbonyl (C=O) groups is 1. The highest BCUT2D eigenvalue weighted by atomic mass is 32.1. The molecule has 0 aliphatic rings. The van der Waals surface area contributed by atoms with Crippen molar-refractivity contribution in [3.8, 4) is 17.2 Å². The van der Waals surface area contributed by atoms with Crippen LogP contribution in [0.2, 0.25) is 0 Å². The number of hydrogen-bond acceptors (Lipinski definition) is 6. The van der Waals surface area contributed by atoms with Gasteiger partial charge in [-0.05, 0) is 44.0 Å². The topological polar surface area (TPSA) is 119 Å². The molecule has 0 bridgehead atoms. The van der Waals surface area contributed by atoms with Crippen molar-refractivity contribution < 1.29 is 27.8 Å². The third kappa shape index (κ3) is 5.89. The van der Waals surface area contributed by atoms with Gasteiger partial charge in [0.25, 0.3) is 0 Å². The summed E-state index contributed by atoms with van der Waals surface area (Å²) < 4.78 is 28.6. The van der Waals surface area contributed by atoms with Crippen LogP contribution >= 0.6 is 0 Å². The van der Waals surface area contributed by atoms with E-state index in [1.54, 1.807) is 24.4 Å². The van der Waals surface area contributed by atoms with Crippen molar-refractivity contribution in [2.24, 2.45) is 0 Å². The molecule has 0 fully saturated rings. The van der Waals surface area contributed by atoms with Crippen LogP contribution in [0.5, 0.6) is 17.2 Å². The summed E-state index contributed by atoms with van der Waals surface area (Å²) in [5.74, 6) is 0.746. The van der Waals surface area contributed by atoms with Crippen LogP contribution in [-0.4, -0.2) is 35.6 Å². The molecule has 154 valence electrons. The number of aromatic carboxylic acids is 1. The molecule has 9 heteroatoms. The van der Waals surface area contributed by atoms with Crippen molar-refractivity contribution >= 4 is 28.4 Å². The molecule has 0 radical (unpaired) electrons. The first-order chi connectivity index (χ1) is 13.9. The summed E-state index contributed by atoms with van der Waals surface area (Å²) in [5.41, 5.74) is 1.68. The number of carboxylic acid groups (broad SMARTS) is 1. The molecule has 1 aromatic carbocycles. The van der Waals surface area contributed by atoms with Crippen LogP contribution in [0.3, 0.4) is 0 Å². The zero-order chi connectivity index (χ0) is 21.4. The molecule has 29 heavy (non-hydrogen) atoms. The molecule has 0 amide bonds. The number of nitrogens with one attached hydrogen (secondary N) is 1. The summed E-state index contributed by atoms with van der Waals surface area (Å²) in [6, 6.07) is 8.86. The first kappa shape index (κ1) is 22.1. The maximum absolute atomic E-state index is 11.3. The Balaban J connectivity index is 0.000000941. The lowest BCUT2D eigenvalue weighted by Gasteiger charge is -2.17. The van der Waals surface area contributed by atoms with Gasteiger partial charge < -0.3 is 19.6 Å². The van der Waals surface area contributed by atoms with E-state index < -0.39 is 17.5 Å². The van der Waals surface area contributed by atoms with Gasteiger partial charge in [0.2, 0.25) is 0 Å². The second kappa shape index (κ2) is 10.4. The summed E-state index contributed by atoms with van der Waals surface area (Å²) in [6.07, 6.45) is 3.42. The molecule has 0 aliphatic carbocycles. The minimum Gasteiger partial charge on any atom is -0.488 e. The highest BCUT2D eigenvalue weighted by molar-refractivity contribution is 7.51. The highest BCUT2D eigenvalue weighted by Crippen LogP contribution is 2.34. The van der Waals surface area contributed by atoms with Crippen molar-refractivity contribution in [1.29, 1.82) is 0 Å². The number of hydrogen-bond donors (Lipinski definition) is 2. The molecule has 8 nitrogen and oxygen atoms in total. The summed E-state index contributed by atoms with van der Waals surface area (Å²) in [6.45, 7) is 6.02. The second-order valence-corrected chi connectivity index (χ2v) is 6.37. The second-order valence-electron chi connectivity index (χ2n) is 6.24. The Hall–Kier alpha value is -3.20. The standard InChI is InChI=1S/C20H22N2O4.O2S/c1-4-14(5-2)26-18-10-16(25-15-7-6-12(3)21-11-15)8-13-9-17(20(23)24)22-19(13)18;1-3-2/h6-11,14,22H,4-5H2,1-3H3,(H,23,24);. The summed E-state index contributed by atoms with van der Waals surface area (Å²) >= 11 is -0.750. The number of aromatic amines is 1. The number of benzene rings is 1. The molecular formula is C20H22N2O6S. The van der Waals surface area contributed by atoms with Crippen LogP contribution in [0, 0.1) is 6.92 Å². The van der Waals surface area contributed by atoms with Crippen LogP contribution in [-0.2, 0) is 11.6 Å². The van der Waals surface area contributed by atoms with Crippen LogP contribution in [0.15, 0.2) is 36.5 Å². The molecule has 2 N–H and O–H groups in total. The number of nitrogens with zero attached hydrogens (tertiary/aromatic N) is 1. The molecule has 2 heterocycles. The number of aryl methyl sites for hydroxylation is 1. The zero-order valence-corrected chi connectivity index (χ0v) is 17.1. The molecule has 0 saturated carbocycles. The maximum atomic E-state index is 11.3. The van der Waals surface area contributed by atoms with E-state index in [4.69, 9.17) is 17.9 Å². The lowest BCUT2D eigenvalue weighted by molar-refractivity contribution is 0.0691. The lowest BCUT2D eigenvalue weighted by atomic mass is 10.2. The highest BCUT2D eigenvalue weighted by Gasteiger charge is 2.16. The quantitative estimate of drug-likeness (QED) is 0.588. The smallest absolute Gasteiger partial charge is 0.352 e. The van der Waals surface area contributed by atoms with Gasteiger partial charge in [0.05, 0.1) is 17.8 Å². The van der Waals surface area contributed by atoms with Gasteiger partial charge in [-0.3, -0.25) is 4.98 Å². The van der Waals surface area contributed by atoms with Crippen molar-refractivity contribution in [3.05, 3.63) is 47.9 Å². The van der Waals surface area contributed by atoms with E-state index in [2.05, 4.69) is 23.8 Å². The van der Waals surface area contributed by atoms with Gasteiger partial charge in [0.1, 0.15) is 22.9 Å². The fraction of sp³-hybridized carbons (Fsp3) is 0.300. The van der Waals surface area contributed by atoms with E-state index in [-0.39, 0.29) is 11.8 Å². The predicted octanol–water partition coefficient (Wildman–Crippen LogP) is 4.26. The molecule has 2 aromatic heterocycles. The maximum Gasteiger partial charge on any atom is 0.352 e. The van der Waals surface area contributed by atoms with E-state index in [0.29, 0.717) is 22.8 Å². The van der Waals surface area contributed by atoms with Gasteiger partial charge in [0, 0.05) is 17.1 Å². The molecule has 3 rings (SSSR count). The first-order valence-corrected chi connectivity index (χ1v) is 9.67. The number of aromatic nitrogens is 2. The van der Waals surface area contributed by atoms with Gasteiger partial charge in [-0.2, -0.15) is 8.42 Å². The average Bonchev–Trinajstić information content (AvgIpc) is 3.13. The number of pyridine rings is 1. The number of fused-ring (bicyclic) bond motifs is 1. The SMILES string of the molecule is CCC(CC)Oc1cc(Oc2ccc(C)nc2)cc2cc(C(=O)O)[nH]c12.O=S=O. The Bertz CT molecular complexity index is 1010. The van der Waals surface area contributed by atoms with E-state index in [1.807, 2.05) is 19.1 Å². The van der Waals surface area contributed by atoms with Gasteiger partial charge in [0.15, 0.2) is 0 Å². The predicted molar refractivity (Wildman–Crippen MR) is 108 cm³/mol. The number of carboxylic acids is 1. The van der Waals surface area contributed by atoms with E-state index in [1.165, 1.54) is 0 Å². The van der Waals surface area contributed by atoms with Crippen molar-refractivity contribution in [1.82, 2.24) is 9.97 Å². The third-order valence-corrected chi connectivity index (χ3v) is 4.22. The largest absolute Gasteiger partial charge is 0.488 e. The number of rotatable bonds is 7. The fourth-order valence-corrected chi connectivity index (χ4v) is 2.74. The van der Waals surface area contributed by atoms with Gasteiger partial charge >= 0.3 is 17.5 Å². The number of H-pyrrole nitrogens is 1. The van der Waals surface area contributed by atoms with Crippen LogP contribution in [0.25, 0.3) is 10.9 Å². The molecule has 0 unspecified atom stereocenters. The summed E-state index contributed by atoms with van der Waals surface area (Å²) in [4.78, 5) is 18.5. The molecule has 0 saturated heterocycles. The van der Waals surface area contributed by atoms with E-state index in [0.717, 1.165) is 23.9 Å². The zero-order valence-electron chi connectivity index (χ0n) is 16.3. The van der Waals surface area contributed by atoms with Gasteiger partial charge in [-0.1, -0.05) is 13.8 Å². The van der Waals surface area contributed by atoms with Crippen molar-refractivity contribution in [3.63, 3.8) is 0 Å². The van der Waals surface area contributed by atoms with Crippen molar-refractivity contribution in [2.45, 2.75) is 39.7 Å². The Kier molecular flexibility index (Phi) is 7.90. The molecular weight excluding hydrogens is 396 g/mol. The minimum absolute atomic E-state index is 0.0473. The summed E-state index contributed by atoms with van der Waals surface area (Å²) in [7, 11) is 0. The minimum atomic E-state index is -1.01. The first-order valence-electron chi connectivity index (χ1n) is 9.00. The normalized spacial score (nSPS) is 10.3. The Morgan fingerprint density at radius 2 is 1.86 bits per heavy atom. The van der Waals surface area contributed by atoms with E-state index in [9.17, 15) is 9.90 Å². The summed E-state index contributed by atoms with van der Waals surface area (Å²) in [5, 5.41) is 9.99. The van der Waals surface area contributed by atoms with Crippen LogP contribution in [0.1, 0.15) is 42.9 Å². The number of ether oxygens (including phenoxy) is 2. The average molecular weight is 418 g/mol. The van der Waals surface area contributed by atoms with Gasteiger partial charge in [-0.15, -0.1) is 0 Å². The molecule has 0 aliphatic heterocycles.